The summed E-state index contributed by atoms with van der Waals surface area (Å²) in [6, 6.07) is 20.9. The van der Waals surface area contributed by atoms with E-state index in [2.05, 4.69) is 10.3 Å². The van der Waals surface area contributed by atoms with Crippen LogP contribution in [0.4, 0.5) is 5.69 Å². The van der Waals surface area contributed by atoms with E-state index in [1.54, 1.807) is 7.11 Å². The van der Waals surface area contributed by atoms with Gasteiger partial charge in [-0.2, -0.15) is 0 Å². The van der Waals surface area contributed by atoms with E-state index in [1.807, 2.05) is 73.7 Å². The number of aryl methyl sites for hydroxylation is 1. The molecule has 4 rings (SSSR count). The van der Waals surface area contributed by atoms with E-state index >= 15 is 0 Å². The first kappa shape index (κ1) is 17.8. The van der Waals surface area contributed by atoms with Gasteiger partial charge in [-0.05, 0) is 66.6 Å². The molecule has 4 aromatic rings. The van der Waals surface area contributed by atoms with Crippen molar-refractivity contribution in [3.63, 3.8) is 0 Å². The van der Waals surface area contributed by atoms with Crippen LogP contribution in [-0.2, 0) is 11.2 Å². The van der Waals surface area contributed by atoms with Gasteiger partial charge in [0.1, 0.15) is 11.3 Å². The molecule has 0 aliphatic rings. The zero-order chi connectivity index (χ0) is 19.5. The van der Waals surface area contributed by atoms with Crippen molar-refractivity contribution in [3.05, 3.63) is 77.9 Å². The number of aromatic nitrogens is 1. The Morgan fingerprint density at radius 3 is 2.50 bits per heavy atom. The smallest absolute Gasteiger partial charge is 0.228 e. The highest BCUT2D eigenvalue weighted by Crippen LogP contribution is 2.26. The highest BCUT2D eigenvalue weighted by molar-refractivity contribution is 5.92. The van der Waals surface area contributed by atoms with Gasteiger partial charge in [0.2, 0.25) is 11.8 Å². The number of carbonyl (C=O) groups is 1. The number of hydrogen-bond donors (Lipinski definition) is 1. The van der Waals surface area contributed by atoms with Crippen LogP contribution in [0.15, 0.2) is 71.1 Å². The van der Waals surface area contributed by atoms with Crippen molar-refractivity contribution >= 4 is 22.7 Å². The second-order valence-electron chi connectivity index (χ2n) is 6.64. The number of hydrogen-bond acceptors (Lipinski definition) is 4. The van der Waals surface area contributed by atoms with Gasteiger partial charge < -0.3 is 14.5 Å². The van der Waals surface area contributed by atoms with E-state index in [9.17, 15) is 4.79 Å². The van der Waals surface area contributed by atoms with Crippen LogP contribution in [0.1, 0.15) is 11.1 Å². The molecule has 0 radical (unpaired) electrons. The van der Waals surface area contributed by atoms with Crippen LogP contribution in [0.25, 0.3) is 22.6 Å². The lowest BCUT2D eigenvalue weighted by atomic mass is 10.1. The maximum Gasteiger partial charge on any atom is 0.228 e. The summed E-state index contributed by atoms with van der Waals surface area (Å²) in [5.41, 5.74) is 5.26. The molecule has 1 aromatic heterocycles. The van der Waals surface area contributed by atoms with E-state index in [4.69, 9.17) is 9.15 Å². The van der Waals surface area contributed by atoms with Crippen molar-refractivity contribution in [2.24, 2.45) is 0 Å². The third kappa shape index (κ3) is 3.88. The Morgan fingerprint density at radius 2 is 1.79 bits per heavy atom. The van der Waals surface area contributed by atoms with Crippen molar-refractivity contribution in [1.82, 2.24) is 4.98 Å². The second-order valence-corrected chi connectivity index (χ2v) is 6.64. The van der Waals surface area contributed by atoms with Crippen LogP contribution in [0.2, 0.25) is 0 Å². The summed E-state index contributed by atoms with van der Waals surface area (Å²) in [6.45, 7) is 2.03. The summed E-state index contributed by atoms with van der Waals surface area (Å²) < 4.78 is 10.9. The van der Waals surface area contributed by atoms with Crippen LogP contribution in [-0.4, -0.2) is 18.0 Å². The molecule has 5 heteroatoms. The summed E-state index contributed by atoms with van der Waals surface area (Å²) in [4.78, 5) is 16.8. The van der Waals surface area contributed by atoms with E-state index in [1.165, 1.54) is 0 Å². The normalized spacial score (nSPS) is 10.8. The molecular formula is C23H20N2O3. The molecule has 0 spiro atoms. The summed E-state index contributed by atoms with van der Waals surface area (Å²) in [5, 5.41) is 2.91. The molecule has 28 heavy (non-hydrogen) atoms. The minimum absolute atomic E-state index is 0.0738. The van der Waals surface area contributed by atoms with Crippen LogP contribution in [0.3, 0.4) is 0 Å². The van der Waals surface area contributed by atoms with Gasteiger partial charge in [-0.15, -0.1) is 0 Å². The number of benzene rings is 3. The zero-order valence-electron chi connectivity index (χ0n) is 15.7. The molecule has 0 unspecified atom stereocenters. The summed E-state index contributed by atoms with van der Waals surface area (Å²) in [7, 11) is 1.62. The Hall–Kier alpha value is -3.60. The molecule has 0 saturated carbocycles. The van der Waals surface area contributed by atoms with Crippen LogP contribution in [0.5, 0.6) is 5.75 Å². The highest BCUT2D eigenvalue weighted by atomic mass is 16.5. The molecule has 0 aliphatic carbocycles. The van der Waals surface area contributed by atoms with Gasteiger partial charge in [0.15, 0.2) is 5.58 Å². The average Bonchev–Trinajstić information content (AvgIpc) is 3.12. The van der Waals surface area contributed by atoms with Crippen molar-refractivity contribution in [2.45, 2.75) is 13.3 Å². The molecule has 140 valence electrons. The van der Waals surface area contributed by atoms with Crippen LogP contribution < -0.4 is 10.1 Å². The third-order valence-corrected chi connectivity index (χ3v) is 4.48. The van der Waals surface area contributed by atoms with Crippen molar-refractivity contribution in [3.8, 4) is 17.2 Å². The number of nitrogens with one attached hydrogen (secondary N) is 1. The third-order valence-electron chi connectivity index (χ3n) is 4.48. The molecule has 1 N–H and O–H groups in total. The molecule has 3 aromatic carbocycles. The summed E-state index contributed by atoms with van der Waals surface area (Å²) in [6.07, 6.45) is 0.302. The fraction of sp³-hybridized carbons (Fsp3) is 0.130. The molecule has 1 heterocycles. The SMILES string of the molecule is COc1ccc(CC(=O)Nc2ccc(-c3nc4cc(C)ccc4o3)cc2)cc1. The van der Waals surface area contributed by atoms with E-state index in [0.29, 0.717) is 12.3 Å². The molecule has 0 saturated heterocycles. The molecule has 5 nitrogen and oxygen atoms in total. The van der Waals surface area contributed by atoms with Gasteiger partial charge in [0, 0.05) is 11.3 Å². The maximum absolute atomic E-state index is 12.3. The predicted octanol–water partition coefficient (Wildman–Crippen LogP) is 4.99. The zero-order valence-corrected chi connectivity index (χ0v) is 15.7. The van der Waals surface area contributed by atoms with Crippen molar-refractivity contribution < 1.29 is 13.9 Å². The second kappa shape index (κ2) is 7.56. The number of nitrogens with zero attached hydrogens (tertiary/aromatic N) is 1. The number of carbonyl (C=O) groups excluding carboxylic acids is 1. The summed E-state index contributed by atoms with van der Waals surface area (Å²) >= 11 is 0. The fourth-order valence-electron chi connectivity index (χ4n) is 2.99. The lowest BCUT2D eigenvalue weighted by Crippen LogP contribution is -2.14. The number of fused-ring (bicyclic) bond motifs is 1. The maximum atomic E-state index is 12.3. The molecular weight excluding hydrogens is 352 g/mol. The first-order valence-electron chi connectivity index (χ1n) is 9.01. The van der Waals surface area contributed by atoms with Gasteiger partial charge in [-0.3, -0.25) is 4.79 Å². The molecule has 0 aliphatic heterocycles. The fourth-order valence-corrected chi connectivity index (χ4v) is 2.99. The first-order valence-corrected chi connectivity index (χ1v) is 9.01. The van der Waals surface area contributed by atoms with Crippen LogP contribution >= 0.6 is 0 Å². The minimum atomic E-state index is -0.0738. The molecule has 1 amide bonds. The van der Waals surface area contributed by atoms with Crippen LogP contribution in [0, 0.1) is 6.92 Å². The van der Waals surface area contributed by atoms with Gasteiger partial charge >= 0.3 is 0 Å². The Balaban J connectivity index is 1.44. The Morgan fingerprint density at radius 1 is 1.04 bits per heavy atom. The monoisotopic (exact) mass is 372 g/mol. The lowest BCUT2D eigenvalue weighted by Gasteiger charge is -2.06. The number of amides is 1. The van der Waals surface area contributed by atoms with Crippen molar-refractivity contribution in [1.29, 1.82) is 0 Å². The summed E-state index contributed by atoms with van der Waals surface area (Å²) in [5.74, 6) is 1.26. The van der Waals surface area contributed by atoms with E-state index < -0.39 is 0 Å². The quantitative estimate of drug-likeness (QED) is 0.536. The standard InChI is InChI=1S/C23H20N2O3/c1-15-3-12-21-20(13-15)25-23(28-21)17-6-8-18(9-7-17)24-22(26)14-16-4-10-19(27-2)11-5-16/h3-13H,14H2,1-2H3,(H,24,26). The molecule has 0 atom stereocenters. The van der Waals surface area contributed by atoms with Gasteiger partial charge in [0.25, 0.3) is 0 Å². The number of methoxy groups -OCH3 is 1. The van der Waals surface area contributed by atoms with E-state index in [-0.39, 0.29) is 5.91 Å². The largest absolute Gasteiger partial charge is 0.497 e. The Kier molecular flexibility index (Phi) is 4.81. The number of oxazole rings is 1. The van der Waals surface area contributed by atoms with Gasteiger partial charge in [-0.25, -0.2) is 4.98 Å². The molecule has 0 bridgehead atoms. The topological polar surface area (TPSA) is 64.4 Å². The average molecular weight is 372 g/mol. The highest BCUT2D eigenvalue weighted by Gasteiger charge is 2.09. The lowest BCUT2D eigenvalue weighted by molar-refractivity contribution is -0.115. The van der Waals surface area contributed by atoms with Gasteiger partial charge in [0.05, 0.1) is 13.5 Å². The molecule has 0 fully saturated rings. The number of ether oxygens (including phenoxy) is 1. The predicted molar refractivity (Wildman–Crippen MR) is 110 cm³/mol. The van der Waals surface area contributed by atoms with Gasteiger partial charge in [-0.1, -0.05) is 18.2 Å². The Labute approximate surface area is 163 Å². The number of rotatable bonds is 5. The van der Waals surface area contributed by atoms with Crippen molar-refractivity contribution in [2.75, 3.05) is 12.4 Å². The van der Waals surface area contributed by atoms with E-state index in [0.717, 1.165) is 39.2 Å². The minimum Gasteiger partial charge on any atom is -0.497 e. The number of anilines is 1. The Bertz CT molecular complexity index is 1110. The first-order chi connectivity index (χ1) is 13.6.